The zero-order valence-electron chi connectivity index (χ0n) is 43.9. The maximum absolute atomic E-state index is 11.9. The first-order valence-corrected chi connectivity index (χ1v) is 23.2. The number of phenols is 1. The fraction of sp³-hybridized carbons (Fsp3) is 0.156. The van der Waals surface area contributed by atoms with Crippen molar-refractivity contribution >= 4 is 11.0 Å². The van der Waals surface area contributed by atoms with E-state index < -0.39 is 12.7 Å². The van der Waals surface area contributed by atoms with E-state index in [1.807, 2.05) is 142 Å². The number of hydrogen-bond donors (Lipinski definition) is 1. The van der Waals surface area contributed by atoms with Crippen LogP contribution in [0, 0.1) is 26.8 Å². The monoisotopic (exact) mass is 1080 g/mol. The predicted molar refractivity (Wildman–Crippen MR) is 284 cm³/mol. The van der Waals surface area contributed by atoms with Crippen LogP contribution in [0.15, 0.2) is 182 Å². The van der Waals surface area contributed by atoms with Gasteiger partial charge in [-0.1, -0.05) is 185 Å². The molecule has 0 radical (unpaired) electrons. The van der Waals surface area contributed by atoms with Gasteiger partial charge in [-0.2, -0.15) is 0 Å². The van der Waals surface area contributed by atoms with Crippen molar-refractivity contribution in [2.75, 3.05) is 0 Å². The Bertz CT molecular complexity index is 3660. The Kier molecular flexibility index (Phi) is 11.6. The van der Waals surface area contributed by atoms with E-state index in [4.69, 9.17) is 11.3 Å². The molecule has 0 amide bonds. The van der Waals surface area contributed by atoms with Crippen molar-refractivity contribution in [2.24, 2.45) is 0 Å². The van der Waals surface area contributed by atoms with Crippen LogP contribution in [-0.2, 0) is 26.5 Å². The molecule has 0 saturated heterocycles. The van der Waals surface area contributed by atoms with E-state index in [0.717, 1.165) is 83.6 Å². The van der Waals surface area contributed by atoms with Crippen molar-refractivity contribution in [3.05, 3.63) is 216 Å². The number of nitrogens with zero attached hydrogens (tertiary/aromatic N) is 3. The van der Waals surface area contributed by atoms with Gasteiger partial charge in [-0.25, -0.2) is 4.98 Å². The van der Waals surface area contributed by atoms with Crippen LogP contribution in [0.5, 0.6) is 5.75 Å². The molecule has 4 nitrogen and oxygen atoms in total. The minimum Gasteiger partial charge on any atom is -0.507 e. The number of phenolic OH excluding ortho intramolecular Hbond substituents is 1. The third kappa shape index (κ3) is 9.15. The van der Waals surface area contributed by atoms with Crippen LogP contribution in [0.3, 0.4) is 0 Å². The normalized spacial score (nSPS) is 12.7. The Hall–Kier alpha value is -7.13. The molecule has 0 atom stereocenters. The smallest absolute Gasteiger partial charge is 0.148 e. The van der Waals surface area contributed by atoms with E-state index in [9.17, 15) is 9.22 Å². The molecule has 0 spiro atoms. The largest absolute Gasteiger partial charge is 0.507 e. The minimum absolute atomic E-state index is 0. The summed E-state index contributed by atoms with van der Waals surface area (Å²) in [4.78, 5) is 10.3. The van der Waals surface area contributed by atoms with Crippen molar-refractivity contribution in [1.82, 2.24) is 14.5 Å². The van der Waals surface area contributed by atoms with E-state index in [0.29, 0.717) is 33.7 Å². The number of aromatic hydroxyl groups is 1. The number of rotatable bonds is 9. The summed E-state index contributed by atoms with van der Waals surface area (Å²) in [5.41, 5.74) is 16.6. The van der Waals surface area contributed by atoms with Crippen molar-refractivity contribution in [3.8, 4) is 89.7 Å². The van der Waals surface area contributed by atoms with Crippen molar-refractivity contribution < 1.29 is 31.7 Å². The summed E-state index contributed by atoms with van der Waals surface area (Å²) in [6, 6.07) is 62.5. The predicted octanol–water partition coefficient (Wildman–Crippen LogP) is 16.9. The van der Waals surface area contributed by atoms with Crippen molar-refractivity contribution in [1.29, 1.82) is 0 Å². The van der Waals surface area contributed by atoms with Gasteiger partial charge in [-0.15, -0.1) is 23.8 Å². The van der Waals surface area contributed by atoms with Crippen LogP contribution in [0.25, 0.3) is 95.0 Å². The van der Waals surface area contributed by atoms with E-state index in [1.165, 1.54) is 0 Å². The van der Waals surface area contributed by atoms with Gasteiger partial charge in [-0.05, 0) is 129 Å². The molecule has 0 unspecified atom stereocenters. The van der Waals surface area contributed by atoms with Gasteiger partial charge in [0.25, 0.3) is 0 Å². The molecule has 0 aliphatic carbocycles. The second kappa shape index (κ2) is 19.1. The fourth-order valence-corrected chi connectivity index (χ4v) is 9.51. The van der Waals surface area contributed by atoms with Crippen molar-refractivity contribution in [2.45, 2.75) is 66.6 Å². The molecule has 2 aromatic heterocycles. The third-order valence-corrected chi connectivity index (χ3v) is 13.0. The number of imidazole rings is 1. The summed E-state index contributed by atoms with van der Waals surface area (Å²) in [5.74, 6) is -0.228. The first kappa shape index (κ1) is 42.0. The SMILES string of the molecule is [2H]C([2H])([2H])c1cc(-c2c(-c3ccccc3)cccc2C(C)(C)C)ccc1-n1c(-c2cc(C)cc(C)c2O)nc2c(-c3[c-]c(-c4cc(-c5ccc(C([2H])(C)C)cc5)ccn4)cc(-c4ccccc4)c3)cccc21.[Pt]. The number of para-hydroxylation sites is 1. The summed E-state index contributed by atoms with van der Waals surface area (Å²) < 4.78 is 38.0. The van der Waals surface area contributed by atoms with Gasteiger partial charge in [0.05, 0.1) is 22.3 Å². The quantitative estimate of drug-likeness (QED) is 0.147. The maximum Gasteiger partial charge on any atom is 0.148 e. The second-order valence-corrected chi connectivity index (χ2v) is 19.1. The van der Waals surface area contributed by atoms with Gasteiger partial charge in [0, 0.05) is 38.4 Å². The second-order valence-electron chi connectivity index (χ2n) is 19.1. The number of aromatic nitrogens is 3. The molecule has 0 aliphatic rings. The number of hydrogen-bond acceptors (Lipinski definition) is 3. The van der Waals surface area contributed by atoms with E-state index in [2.05, 4.69) is 99.6 Å². The summed E-state index contributed by atoms with van der Waals surface area (Å²) in [5, 5.41) is 11.9. The standard InChI is InChI=1S/C64H56N3O.Pt/c1-40(2)44-25-27-46(28-26-44)48-31-32-65-57(39-48)52-37-50(45-17-11-9-12-18-45)36-51(38-52)54-22-16-24-59-61(54)66-63(55-34-41(3)33-43(5)62(55)68)67(59)58-30-29-49(35-42(58)4)60-53(47-19-13-10-14-20-47)21-15-23-56(60)64(6,7)8;/h9-37,39-40,68H,1-8H3;/q-1;/i4D3,40D;. The molecule has 344 valence electrons. The molecular weight excluding hydrogens is 1020 g/mol. The van der Waals surface area contributed by atoms with E-state index in [1.54, 1.807) is 0 Å². The molecule has 10 aromatic rings. The average Bonchev–Trinajstić information content (AvgIpc) is 3.76. The molecule has 5 heteroatoms. The Balaban J connectivity index is 0.00000656. The van der Waals surface area contributed by atoms with E-state index >= 15 is 0 Å². The van der Waals surface area contributed by atoms with E-state index in [-0.39, 0.29) is 37.8 Å². The Morgan fingerprint density at radius 2 is 1.28 bits per heavy atom. The molecule has 0 fully saturated rings. The molecule has 10 rings (SSSR count). The van der Waals surface area contributed by atoms with Crippen molar-refractivity contribution in [3.63, 3.8) is 0 Å². The number of pyridine rings is 1. The number of aryl methyl sites for hydroxylation is 3. The average molecular weight is 1080 g/mol. The first-order valence-electron chi connectivity index (χ1n) is 25.2. The summed E-state index contributed by atoms with van der Waals surface area (Å²) in [6.07, 6.45) is 1.82. The number of benzene rings is 8. The minimum atomic E-state index is -2.56. The Labute approximate surface area is 427 Å². The van der Waals surface area contributed by atoms with Gasteiger partial charge < -0.3 is 5.11 Å². The van der Waals surface area contributed by atoms with Gasteiger partial charge in [0.1, 0.15) is 11.6 Å². The third-order valence-electron chi connectivity index (χ3n) is 13.0. The van der Waals surface area contributed by atoms with Crippen LogP contribution >= 0.6 is 0 Å². The van der Waals surface area contributed by atoms with Crippen LogP contribution in [0.4, 0.5) is 0 Å². The van der Waals surface area contributed by atoms with Gasteiger partial charge in [0.15, 0.2) is 0 Å². The van der Waals surface area contributed by atoms with Crippen LogP contribution in [-0.4, -0.2) is 19.6 Å². The summed E-state index contributed by atoms with van der Waals surface area (Å²) in [7, 11) is 0. The van der Waals surface area contributed by atoms with Gasteiger partial charge >= 0.3 is 0 Å². The number of fused-ring (bicyclic) bond motifs is 1. The van der Waals surface area contributed by atoms with Crippen LogP contribution in [0.2, 0.25) is 0 Å². The molecule has 0 bridgehead atoms. The molecule has 8 aromatic carbocycles. The van der Waals surface area contributed by atoms with Crippen LogP contribution < -0.4 is 0 Å². The zero-order valence-corrected chi connectivity index (χ0v) is 42.2. The van der Waals surface area contributed by atoms with Crippen LogP contribution in [0.1, 0.15) is 73.8 Å². The molecule has 2 heterocycles. The summed E-state index contributed by atoms with van der Waals surface area (Å²) in [6.45, 7) is 11.6. The van der Waals surface area contributed by atoms with Gasteiger partial charge in [-0.3, -0.25) is 9.55 Å². The summed E-state index contributed by atoms with van der Waals surface area (Å²) >= 11 is 0. The molecular formula is C64H56N3OPt-. The molecule has 0 aliphatic heterocycles. The molecule has 1 N–H and O–H groups in total. The Morgan fingerprint density at radius 1 is 0.609 bits per heavy atom. The zero-order chi connectivity index (χ0) is 50.7. The topological polar surface area (TPSA) is 50.9 Å². The van der Waals surface area contributed by atoms with Gasteiger partial charge in [0.2, 0.25) is 0 Å². The molecule has 0 saturated carbocycles. The molecule has 69 heavy (non-hydrogen) atoms. The Morgan fingerprint density at radius 3 is 1.99 bits per heavy atom. The maximum atomic E-state index is 11.9. The first-order chi connectivity index (χ1) is 34.3. The fourth-order valence-electron chi connectivity index (χ4n) is 9.51.